The number of halogens is 1. The SMILES string of the molecule is CCNC(=NCc1cccc(OC)c1)NCC(C)(C)N(C)C.I. The maximum Gasteiger partial charge on any atom is 0.191 e. The summed E-state index contributed by atoms with van der Waals surface area (Å²) >= 11 is 0. The molecule has 0 fully saturated rings. The van der Waals surface area contributed by atoms with Gasteiger partial charge in [-0.3, -0.25) is 0 Å². The van der Waals surface area contributed by atoms with Crippen LogP contribution in [-0.4, -0.2) is 50.7 Å². The van der Waals surface area contributed by atoms with Crippen LogP contribution in [0.15, 0.2) is 29.3 Å². The highest BCUT2D eigenvalue weighted by Gasteiger charge is 2.20. The molecule has 1 aromatic carbocycles. The molecule has 2 N–H and O–H groups in total. The van der Waals surface area contributed by atoms with Gasteiger partial charge in [-0.15, -0.1) is 24.0 Å². The number of hydrogen-bond acceptors (Lipinski definition) is 3. The molecule has 0 heterocycles. The molecule has 1 aromatic rings. The Bertz CT molecular complexity index is 489. The predicted octanol–water partition coefficient (Wildman–Crippen LogP) is 2.71. The van der Waals surface area contributed by atoms with E-state index in [9.17, 15) is 0 Å². The van der Waals surface area contributed by atoms with Crippen LogP contribution in [0, 0.1) is 0 Å². The van der Waals surface area contributed by atoms with E-state index in [1.807, 2.05) is 18.2 Å². The third-order valence-corrected chi connectivity index (χ3v) is 3.80. The zero-order chi connectivity index (χ0) is 16.6. The molecule has 0 aliphatic carbocycles. The third kappa shape index (κ3) is 7.87. The standard InChI is InChI=1S/C17H30N4O.HI/c1-7-18-16(20-13-17(2,3)21(4)5)19-12-14-9-8-10-15(11-14)22-6;/h8-11H,7,12-13H2,1-6H3,(H2,18,19,20);1H. The van der Waals surface area contributed by atoms with E-state index >= 15 is 0 Å². The third-order valence-electron chi connectivity index (χ3n) is 3.80. The average Bonchev–Trinajstić information content (AvgIpc) is 2.50. The molecular weight excluding hydrogens is 403 g/mol. The van der Waals surface area contributed by atoms with Crippen molar-refractivity contribution in [3.05, 3.63) is 29.8 Å². The summed E-state index contributed by atoms with van der Waals surface area (Å²) in [4.78, 5) is 6.84. The van der Waals surface area contributed by atoms with Crippen LogP contribution in [0.1, 0.15) is 26.3 Å². The molecule has 23 heavy (non-hydrogen) atoms. The van der Waals surface area contributed by atoms with Gasteiger partial charge in [0.05, 0.1) is 13.7 Å². The fraction of sp³-hybridized carbons (Fsp3) is 0.588. The summed E-state index contributed by atoms with van der Waals surface area (Å²) < 4.78 is 5.24. The molecular formula is C17H31IN4O. The number of ether oxygens (including phenoxy) is 1. The van der Waals surface area contributed by atoms with Crippen LogP contribution < -0.4 is 15.4 Å². The summed E-state index contributed by atoms with van der Waals surface area (Å²) in [5.41, 5.74) is 1.19. The lowest BCUT2D eigenvalue weighted by molar-refractivity contribution is 0.197. The molecule has 132 valence electrons. The van der Waals surface area contributed by atoms with Crippen molar-refractivity contribution in [2.75, 3.05) is 34.3 Å². The molecule has 0 bridgehead atoms. The Hall–Kier alpha value is -1.02. The number of nitrogens with one attached hydrogen (secondary N) is 2. The van der Waals surface area contributed by atoms with E-state index in [4.69, 9.17) is 4.74 Å². The Morgan fingerprint density at radius 2 is 1.96 bits per heavy atom. The fourth-order valence-corrected chi connectivity index (χ4v) is 1.74. The van der Waals surface area contributed by atoms with Crippen molar-refractivity contribution in [2.45, 2.75) is 32.9 Å². The number of nitrogens with zero attached hydrogens (tertiary/aromatic N) is 2. The van der Waals surface area contributed by atoms with Gasteiger partial charge in [0.1, 0.15) is 5.75 Å². The summed E-state index contributed by atoms with van der Waals surface area (Å²) in [5.74, 6) is 1.69. The number of hydrogen-bond donors (Lipinski definition) is 2. The molecule has 5 nitrogen and oxygen atoms in total. The highest BCUT2D eigenvalue weighted by molar-refractivity contribution is 14.0. The highest BCUT2D eigenvalue weighted by atomic mass is 127. The largest absolute Gasteiger partial charge is 0.497 e. The minimum absolute atomic E-state index is 0. The van der Waals surface area contributed by atoms with E-state index in [-0.39, 0.29) is 29.5 Å². The molecule has 0 aromatic heterocycles. The Labute approximate surface area is 157 Å². The number of rotatable bonds is 7. The van der Waals surface area contributed by atoms with Crippen molar-refractivity contribution in [3.8, 4) is 5.75 Å². The molecule has 0 atom stereocenters. The van der Waals surface area contributed by atoms with Crippen molar-refractivity contribution in [1.29, 1.82) is 0 Å². The van der Waals surface area contributed by atoms with E-state index in [1.165, 1.54) is 0 Å². The van der Waals surface area contributed by atoms with Gasteiger partial charge in [0.25, 0.3) is 0 Å². The van der Waals surface area contributed by atoms with Crippen LogP contribution >= 0.6 is 24.0 Å². The predicted molar refractivity (Wildman–Crippen MR) is 109 cm³/mol. The first kappa shape index (κ1) is 22.0. The summed E-state index contributed by atoms with van der Waals surface area (Å²) in [6, 6.07) is 7.99. The lowest BCUT2D eigenvalue weighted by atomic mass is 10.0. The average molecular weight is 434 g/mol. The number of guanidine groups is 1. The second-order valence-electron chi connectivity index (χ2n) is 6.11. The van der Waals surface area contributed by atoms with Gasteiger partial charge < -0.3 is 20.3 Å². The zero-order valence-corrected chi connectivity index (χ0v) is 17.5. The van der Waals surface area contributed by atoms with Gasteiger partial charge in [-0.25, -0.2) is 4.99 Å². The monoisotopic (exact) mass is 434 g/mol. The second-order valence-corrected chi connectivity index (χ2v) is 6.11. The molecule has 0 spiro atoms. The first-order chi connectivity index (χ1) is 10.4. The molecule has 6 heteroatoms. The van der Waals surface area contributed by atoms with E-state index in [0.29, 0.717) is 6.54 Å². The molecule has 0 saturated carbocycles. The molecule has 0 saturated heterocycles. The van der Waals surface area contributed by atoms with Crippen molar-refractivity contribution in [3.63, 3.8) is 0 Å². The zero-order valence-electron chi connectivity index (χ0n) is 15.1. The number of likely N-dealkylation sites (N-methyl/N-ethyl adjacent to an activating group) is 1. The number of aliphatic imine (C=N–C) groups is 1. The van der Waals surface area contributed by atoms with Crippen molar-refractivity contribution in [2.24, 2.45) is 4.99 Å². The van der Waals surface area contributed by atoms with Crippen molar-refractivity contribution in [1.82, 2.24) is 15.5 Å². The van der Waals surface area contributed by atoms with Crippen LogP contribution in [0.4, 0.5) is 0 Å². The normalized spacial score (nSPS) is 11.9. The Balaban J connectivity index is 0.00000484. The summed E-state index contributed by atoms with van der Waals surface area (Å²) in [7, 11) is 5.85. The van der Waals surface area contributed by atoms with Gasteiger partial charge in [0.2, 0.25) is 0 Å². The van der Waals surface area contributed by atoms with Gasteiger partial charge in [-0.1, -0.05) is 12.1 Å². The van der Waals surface area contributed by atoms with Crippen LogP contribution in [0.3, 0.4) is 0 Å². The summed E-state index contributed by atoms with van der Waals surface area (Å²) in [6.07, 6.45) is 0. The fourth-order valence-electron chi connectivity index (χ4n) is 1.74. The minimum Gasteiger partial charge on any atom is -0.497 e. The van der Waals surface area contributed by atoms with Crippen molar-refractivity contribution >= 4 is 29.9 Å². The van der Waals surface area contributed by atoms with Crippen LogP contribution in [0.5, 0.6) is 5.75 Å². The Morgan fingerprint density at radius 1 is 1.26 bits per heavy atom. The molecule has 0 aliphatic heterocycles. The van der Waals surface area contributed by atoms with E-state index in [0.717, 1.165) is 30.4 Å². The smallest absolute Gasteiger partial charge is 0.191 e. The van der Waals surface area contributed by atoms with Gasteiger partial charge in [-0.05, 0) is 52.6 Å². The van der Waals surface area contributed by atoms with Crippen molar-refractivity contribution < 1.29 is 4.74 Å². The summed E-state index contributed by atoms with van der Waals surface area (Å²) in [6.45, 7) is 8.75. The maximum absolute atomic E-state index is 5.24. The van der Waals surface area contributed by atoms with Crippen LogP contribution in [0.2, 0.25) is 0 Å². The molecule has 1 rings (SSSR count). The Kier molecular flexibility index (Phi) is 10.2. The first-order valence-electron chi connectivity index (χ1n) is 7.71. The van der Waals surface area contributed by atoms with Gasteiger partial charge in [0.15, 0.2) is 5.96 Å². The maximum atomic E-state index is 5.24. The van der Waals surface area contributed by atoms with E-state index in [1.54, 1.807) is 7.11 Å². The van der Waals surface area contributed by atoms with Gasteiger partial charge >= 0.3 is 0 Å². The molecule has 0 unspecified atom stereocenters. The lowest BCUT2D eigenvalue weighted by Gasteiger charge is -2.33. The number of benzene rings is 1. The van der Waals surface area contributed by atoms with Crippen LogP contribution in [-0.2, 0) is 6.54 Å². The summed E-state index contributed by atoms with van der Waals surface area (Å²) in [5, 5.41) is 6.69. The van der Waals surface area contributed by atoms with E-state index in [2.05, 4.69) is 61.5 Å². The Morgan fingerprint density at radius 3 is 2.52 bits per heavy atom. The van der Waals surface area contributed by atoms with Crippen LogP contribution in [0.25, 0.3) is 0 Å². The minimum atomic E-state index is 0. The molecule has 0 radical (unpaired) electrons. The molecule has 0 aliphatic rings. The van der Waals surface area contributed by atoms with Gasteiger partial charge in [0, 0.05) is 18.6 Å². The first-order valence-corrected chi connectivity index (χ1v) is 7.71. The van der Waals surface area contributed by atoms with Gasteiger partial charge in [-0.2, -0.15) is 0 Å². The highest BCUT2D eigenvalue weighted by Crippen LogP contribution is 2.13. The lowest BCUT2D eigenvalue weighted by Crippen LogP contribution is -2.50. The second kappa shape index (κ2) is 10.7. The van der Waals surface area contributed by atoms with E-state index < -0.39 is 0 Å². The number of methoxy groups -OCH3 is 1. The quantitative estimate of drug-likeness (QED) is 0.394. The topological polar surface area (TPSA) is 48.9 Å². The molecule has 0 amide bonds.